The van der Waals surface area contributed by atoms with Gasteiger partial charge in [0, 0.05) is 4.47 Å². The molecule has 0 saturated carbocycles. The van der Waals surface area contributed by atoms with Crippen LogP contribution in [0.5, 0.6) is 17.5 Å². The maximum Gasteiger partial charge on any atom is 0.249 e. The molecule has 0 unspecified atom stereocenters. The van der Waals surface area contributed by atoms with E-state index in [2.05, 4.69) is 25.9 Å². The first kappa shape index (κ1) is 11.7. The second-order valence-corrected chi connectivity index (χ2v) is 4.08. The van der Waals surface area contributed by atoms with E-state index in [4.69, 9.17) is 15.2 Å². The number of ether oxygens (including phenoxy) is 2. The first-order chi connectivity index (χ1) is 8.20. The zero-order valence-corrected chi connectivity index (χ0v) is 10.6. The van der Waals surface area contributed by atoms with Crippen LogP contribution >= 0.6 is 15.9 Å². The van der Waals surface area contributed by atoms with Crippen LogP contribution in [0, 0.1) is 0 Å². The molecule has 0 spiro atoms. The summed E-state index contributed by atoms with van der Waals surface area (Å²) >= 11 is 3.35. The van der Waals surface area contributed by atoms with Crippen molar-refractivity contribution in [3.8, 4) is 17.5 Å². The van der Waals surface area contributed by atoms with Gasteiger partial charge in [-0.05, 0) is 18.2 Å². The average molecular weight is 296 g/mol. The summed E-state index contributed by atoms with van der Waals surface area (Å²) < 4.78 is 11.4. The van der Waals surface area contributed by atoms with Gasteiger partial charge in [-0.1, -0.05) is 22.0 Å². The molecule has 0 bridgehead atoms. The molecule has 1 heterocycles. The summed E-state index contributed by atoms with van der Waals surface area (Å²) in [5.74, 6) is 1.20. The molecule has 0 aliphatic rings. The third-order valence-electron chi connectivity index (χ3n) is 2.01. The molecule has 0 fully saturated rings. The number of nitrogens with zero attached hydrogens (tertiary/aromatic N) is 2. The van der Waals surface area contributed by atoms with Gasteiger partial charge in [0.25, 0.3) is 0 Å². The van der Waals surface area contributed by atoms with Crippen LogP contribution in [0.3, 0.4) is 0 Å². The van der Waals surface area contributed by atoms with Gasteiger partial charge in [-0.3, -0.25) is 0 Å². The average Bonchev–Trinajstić information content (AvgIpc) is 2.32. The number of hydrogen-bond donors (Lipinski definition) is 1. The molecule has 17 heavy (non-hydrogen) atoms. The minimum atomic E-state index is 0.273. The lowest BCUT2D eigenvalue weighted by molar-refractivity contribution is 0.391. The highest BCUT2D eigenvalue weighted by molar-refractivity contribution is 9.10. The van der Waals surface area contributed by atoms with Crippen molar-refractivity contribution in [2.75, 3.05) is 12.8 Å². The fourth-order valence-corrected chi connectivity index (χ4v) is 1.63. The Hall–Kier alpha value is -1.82. The van der Waals surface area contributed by atoms with Crippen molar-refractivity contribution in [1.82, 2.24) is 9.97 Å². The van der Waals surface area contributed by atoms with E-state index in [1.807, 2.05) is 18.2 Å². The standard InChI is InChI=1S/C11H10BrN3O2/c1-16-10-9(13)11(15-6-14-10)17-8-4-2-3-7(12)5-8/h2-6H,13H2,1H3. The molecule has 0 atom stereocenters. The largest absolute Gasteiger partial charge is 0.479 e. The summed E-state index contributed by atoms with van der Waals surface area (Å²) in [6.45, 7) is 0. The summed E-state index contributed by atoms with van der Waals surface area (Å²) in [7, 11) is 1.49. The Kier molecular flexibility index (Phi) is 3.43. The smallest absolute Gasteiger partial charge is 0.249 e. The molecule has 0 amide bonds. The molecule has 1 aromatic carbocycles. The van der Waals surface area contributed by atoms with Crippen molar-refractivity contribution in [3.05, 3.63) is 35.1 Å². The Balaban J connectivity index is 2.30. The van der Waals surface area contributed by atoms with Gasteiger partial charge in [0.05, 0.1) is 7.11 Å². The lowest BCUT2D eigenvalue weighted by atomic mass is 10.3. The van der Waals surface area contributed by atoms with Crippen LogP contribution in [0.25, 0.3) is 0 Å². The normalized spacial score (nSPS) is 10.0. The highest BCUT2D eigenvalue weighted by atomic mass is 79.9. The summed E-state index contributed by atoms with van der Waals surface area (Å²) in [5, 5.41) is 0. The van der Waals surface area contributed by atoms with Crippen LogP contribution in [0.1, 0.15) is 0 Å². The van der Waals surface area contributed by atoms with E-state index >= 15 is 0 Å². The first-order valence-corrected chi connectivity index (χ1v) is 5.58. The van der Waals surface area contributed by atoms with E-state index in [9.17, 15) is 0 Å². The van der Waals surface area contributed by atoms with Crippen LogP contribution in [0.4, 0.5) is 5.69 Å². The number of halogens is 1. The molecule has 2 N–H and O–H groups in total. The Morgan fingerprint density at radius 1 is 1.24 bits per heavy atom. The van der Waals surface area contributed by atoms with Gasteiger partial charge in [0.2, 0.25) is 11.8 Å². The second kappa shape index (κ2) is 5.01. The Morgan fingerprint density at radius 2 is 2.00 bits per heavy atom. The monoisotopic (exact) mass is 295 g/mol. The molecule has 0 saturated heterocycles. The highest BCUT2D eigenvalue weighted by Gasteiger charge is 2.10. The van der Waals surface area contributed by atoms with Crippen molar-refractivity contribution < 1.29 is 9.47 Å². The number of anilines is 1. The van der Waals surface area contributed by atoms with Crippen LogP contribution in [-0.2, 0) is 0 Å². The number of rotatable bonds is 3. The van der Waals surface area contributed by atoms with E-state index in [0.717, 1.165) is 4.47 Å². The second-order valence-electron chi connectivity index (χ2n) is 3.16. The highest BCUT2D eigenvalue weighted by Crippen LogP contribution is 2.31. The van der Waals surface area contributed by atoms with E-state index in [0.29, 0.717) is 11.6 Å². The van der Waals surface area contributed by atoms with Gasteiger partial charge >= 0.3 is 0 Å². The van der Waals surface area contributed by atoms with Crippen molar-refractivity contribution in [2.45, 2.75) is 0 Å². The molecule has 0 radical (unpaired) electrons. The van der Waals surface area contributed by atoms with Crippen molar-refractivity contribution in [1.29, 1.82) is 0 Å². The van der Waals surface area contributed by atoms with Gasteiger partial charge in [-0.15, -0.1) is 0 Å². The van der Waals surface area contributed by atoms with Crippen molar-refractivity contribution >= 4 is 21.6 Å². The SMILES string of the molecule is COc1ncnc(Oc2cccc(Br)c2)c1N. The summed E-state index contributed by atoms with van der Waals surface area (Å²) in [4.78, 5) is 7.83. The maximum absolute atomic E-state index is 5.79. The zero-order valence-electron chi connectivity index (χ0n) is 9.05. The molecule has 2 rings (SSSR count). The molecule has 88 valence electrons. The van der Waals surface area contributed by atoms with Gasteiger partial charge in [-0.2, -0.15) is 9.97 Å². The molecule has 1 aromatic heterocycles. The Bertz CT molecular complexity index is 534. The van der Waals surface area contributed by atoms with Crippen molar-refractivity contribution in [3.63, 3.8) is 0 Å². The molecule has 0 aliphatic carbocycles. The molecular weight excluding hydrogens is 286 g/mol. The van der Waals surface area contributed by atoms with Crippen LogP contribution in [0.2, 0.25) is 0 Å². The predicted molar refractivity (Wildman–Crippen MR) is 67.2 cm³/mol. The molecular formula is C11H10BrN3O2. The van der Waals surface area contributed by atoms with Gasteiger partial charge in [0.15, 0.2) is 5.69 Å². The predicted octanol–water partition coefficient (Wildman–Crippen LogP) is 2.62. The van der Waals surface area contributed by atoms with Crippen LogP contribution in [0.15, 0.2) is 35.1 Å². The number of aromatic nitrogens is 2. The Labute approximate surface area is 107 Å². The summed E-state index contributed by atoms with van der Waals surface area (Å²) in [6, 6.07) is 7.37. The third-order valence-corrected chi connectivity index (χ3v) is 2.51. The lowest BCUT2D eigenvalue weighted by Gasteiger charge is -2.09. The minimum Gasteiger partial charge on any atom is -0.479 e. The maximum atomic E-state index is 5.79. The zero-order chi connectivity index (χ0) is 12.3. The van der Waals surface area contributed by atoms with Crippen LogP contribution < -0.4 is 15.2 Å². The van der Waals surface area contributed by atoms with E-state index in [1.165, 1.54) is 13.4 Å². The number of benzene rings is 1. The molecule has 0 aliphatic heterocycles. The minimum absolute atomic E-state index is 0.273. The quantitative estimate of drug-likeness (QED) is 0.942. The number of nitrogens with two attached hydrogens (primary N) is 1. The summed E-state index contributed by atoms with van der Waals surface area (Å²) in [5.41, 5.74) is 6.07. The van der Waals surface area contributed by atoms with Gasteiger partial charge in [-0.25, -0.2) is 0 Å². The number of nitrogen functional groups attached to an aromatic ring is 1. The van der Waals surface area contributed by atoms with E-state index < -0.39 is 0 Å². The van der Waals surface area contributed by atoms with Crippen LogP contribution in [-0.4, -0.2) is 17.1 Å². The third kappa shape index (κ3) is 2.65. The van der Waals surface area contributed by atoms with Gasteiger partial charge < -0.3 is 15.2 Å². The van der Waals surface area contributed by atoms with E-state index in [-0.39, 0.29) is 11.6 Å². The number of hydrogen-bond acceptors (Lipinski definition) is 5. The fourth-order valence-electron chi connectivity index (χ4n) is 1.25. The molecule has 2 aromatic rings. The summed E-state index contributed by atoms with van der Waals surface area (Å²) in [6.07, 6.45) is 1.34. The molecule has 5 nitrogen and oxygen atoms in total. The Morgan fingerprint density at radius 3 is 2.71 bits per heavy atom. The fraction of sp³-hybridized carbons (Fsp3) is 0.0909. The topological polar surface area (TPSA) is 70.3 Å². The first-order valence-electron chi connectivity index (χ1n) is 4.78. The number of methoxy groups -OCH3 is 1. The van der Waals surface area contributed by atoms with Crippen molar-refractivity contribution in [2.24, 2.45) is 0 Å². The lowest BCUT2D eigenvalue weighted by Crippen LogP contribution is -2.00. The van der Waals surface area contributed by atoms with Gasteiger partial charge in [0.1, 0.15) is 12.1 Å². The molecule has 6 heteroatoms. The van der Waals surface area contributed by atoms with E-state index in [1.54, 1.807) is 6.07 Å².